The summed E-state index contributed by atoms with van der Waals surface area (Å²) in [6, 6.07) is 8.62. The Bertz CT molecular complexity index is 339. The summed E-state index contributed by atoms with van der Waals surface area (Å²) in [5.74, 6) is 0. The minimum absolute atomic E-state index is 0.437. The van der Waals surface area contributed by atoms with Crippen molar-refractivity contribution in [2.45, 2.75) is 44.9 Å². The molecule has 0 radical (unpaired) electrons. The predicted octanol–water partition coefficient (Wildman–Crippen LogP) is 3.39. The molecule has 94 valence electrons. The Morgan fingerprint density at radius 3 is 2.82 bits per heavy atom. The number of ether oxygens (including phenoxy) is 1. The van der Waals surface area contributed by atoms with E-state index in [1.165, 1.54) is 5.56 Å². The summed E-state index contributed by atoms with van der Waals surface area (Å²) >= 11 is 5.86. The van der Waals surface area contributed by atoms with Crippen molar-refractivity contribution < 1.29 is 4.74 Å². The highest BCUT2D eigenvalue weighted by molar-refractivity contribution is 6.30. The monoisotopic (exact) mass is 253 g/mol. The molecule has 1 aromatic rings. The first-order valence-electron chi connectivity index (χ1n) is 6.37. The Morgan fingerprint density at radius 1 is 1.35 bits per heavy atom. The van der Waals surface area contributed by atoms with Gasteiger partial charge in [-0.25, -0.2) is 0 Å². The van der Waals surface area contributed by atoms with Crippen LogP contribution in [-0.4, -0.2) is 18.8 Å². The van der Waals surface area contributed by atoms with E-state index in [2.05, 4.69) is 24.4 Å². The van der Waals surface area contributed by atoms with Gasteiger partial charge in [-0.2, -0.15) is 0 Å². The minimum atomic E-state index is 0.437. The van der Waals surface area contributed by atoms with Crippen molar-refractivity contribution in [1.29, 1.82) is 0 Å². The molecule has 1 aliphatic rings. The van der Waals surface area contributed by atoms with Crippen molar-refractivity contribution in [3.05, 3.63) is 34.9 Å². The standard InChI is InChI=1S/C14H20ClNO/c1-2-14-9-13(7-8-17-14)16-10-11-3-5-12(15)6-4-11/h3-6,13-14,16H,2,7-10H2,1H3. The zero-order valence-electron chi connectivity index (χ0n) is 10.3. The topological polar surface area (TPSA) is 21.3 Å². The quantitative estimate of drug-likeness (QED) is 0.888. The third-order valence-electron chi connectivity index (χ3n) is 3.33. The molecule has 0 aromatic heterocycles. The van der Waals surface area contributed by atoms with Gasteiger partial charge in [0.1, 0.15) is 0 Å². The highest BCUT2D eigenvalue weighted by Crippen LogP contribution is 2.17. The lowest BCUT2D eigenvalue weighted by molar-refractivity contribution is -0.000318. The van der Waals surface area contributed by atoms with Crippen LogP contribution in [0.15, 0.2) is 24.3 Å². The molecule has 2 atom stereocenters. The maximum Gasteiger partial charge on any atom is 0.0587 e. The molecule has 0 aliphatic carbocycles. The zero-order valence-corrected chi connectivity index (χ0v) is 11.0. The van der Waals surface area contributed by atoms with E-state index in [1.807, 2.05) is 12.1 Å². The van der Waals surface area contributed by atoms with Crippen LogP contribution in [0.1, 0.15) is 31.7 Å². The molecule has 0 amide bonds. The molecule has 1 fully saturated rings. The lowest BCUT2D eigenvalue weighted by atomic mass is 10.0. The van der Waals surface area contributed by atoms with Crippen molar-refractivity contribution in [3.8, 4) is 0 Å². The smallest absolute Gasteiger partial charge is 0.0587 e. The molecule has 2 unspecified atom stereocenters. The van der Waals surface area contributed by atoms with Crippen molar-refractivity contribution in [2.75, 3.05) is 6.61 Å². The highest BCUT2D eigenvalue weighted by atomic mass is 35.5. The molecule has 2 nitrogen and oxygen atoms in total. The fourth-order valence-electron chi connectivity index (χ4n) is 2.21. The summed E-state index contributed by atoms with van der Waals surface area (Å²) in [4.78, 5) is 0. The summed E-state index contributed by atoms with van der Waals surface area (Å²) in [6.45, 7) is 3.99. The molecule has 0 spiro atoms. The van der Waals surface area contributed by atoms with Crippen molar-refractivity contribution in [3.63, 3.8) is 0 Å². The third kappa shape index (κ3) is 3.98. The van der Waals surface area contributed by atoms with Crippen molar-refractivity contribution >= 4 is 11.6 Å². The van der Waals surface area contributed by atoms with Gasteiger partial charge >= 0.3 is 0 Å². The van der Waals surface area contributed by atoms with Gasteiger partial charge in [-0.3, -0.25) is 0 Å². The maximum atomic E-state index is 5.86. The van der Waals surface area contributed by atoms with Gasteiger partial charge in [-0.15, -0.1) is 0 Å². The first-order valence-corrected chi connectivity index (χ1v) is 6.75. The lowest BCUT2D eigenvalue weighted by Crippen LogP contribution is -2.38. The first-order chi connectivity index (χ1) is 8.28. The normalized spacial score (nSPS) is 24.8. The van der Waals surface area contributed by atoms with Crippen LogP contribution in [0, 0.1) is 0 Å². The molecule has 0 bridgehead atoms. The van der Waals surface area contributed by atoms with Crippen LogP contribution in [0.25, 0.3) is 0 Å². The third-order valence-corrected chi connectivity index (χ3v) is 3.58. The highest BCUT2D eigenvalue weighted by Gasteiger charge is 2.20. The van der Waals surface area contributed by atoms with E-state index >= 15 is 0 Å². The molecule has 3 heteroatoms. The largest absolute Gasteiger partial charge is 0.378 e. The van der Waals surface area contributed by atoms with Gasteiger partial charge in [0.05, 0.1) is 6.10 Å². The van der Waals surface area contributed by atoms with Crippen molar-refractivity contribution in [2.24, 2.45) is 0 Å². The van der Waals surface area contributed by atoms with Crippen molar-refractivity contribution in [1.82, 2.24) is 5.32 Å². The number of halogens is 1. The molecule has 17 heavy (non-hydrogen) atoms. The molecule has 2 rings (SSSR count). The second-order valence-corrected chi connectivity index (χ2v) is 5.07. The average Bonchev–Trinajstić information content (AvgIpc) is 2.38. The molecule has 0 saturated carbocycles. The second-order valence-electron chi connectivity index (χ2n) is 4.63. The Hall–Kier alpha value is -0.570. The maximum absolute atomic E-state index is 5.86. The molecule has 1 N–H and O–H groups in total. The Balaban J connectivity index is 1.79. The lowest BCUT2D eigenvalue weighted by Gasteiger charge is -2.29. The number of hydrogen-bond acceptors (Lipinski definition) is 2. The minimum Gasteiger partial charge on any atom is -0.378 e. The number of hydrogen-bond donors (Lipinski definition) is 1. The van der Waals surface area contributed by atoms with Gasteiger partial charge in [0, 0.05) is 24.2 Å². The van der Waals surface area contributed by atoms with E-state index in [4.69, 9.17) is 16.3 Å². The predicted molar refractivity (Wildman–Crippen MR) is 71.3 cm³/mol. The summed E-state index contributed by atoms with van der Waals surface area (Å²) in [5, 5.41) is 4.40. The summed E-state index contributed by atoms with van der Waals surface area (Å²) in [6.07, 6.45) is 3.79. The summed E-state index contributed by atoms with van der Waals surface area (Å²) < 4.78 is 5.67. The van der Waals surface area contributed by atoms with E-state index in [0.717, 1.165) is 37.4 Å². The van der Waals surface area contributed by atoms with E-state index in [1.54, 1.807) is 0 Å². The van der Waals surface area contributed by atoms with E-state index in [-0.39, 0.29) is 0 Å². The van der Waals surface area contributed by atoms with Gasteiger partial charge in [-0.1, -0.05) is 30.7 Å². The second kappa shape index (κ2) is 6.39. The van der Waals surface area contributed by atoms with Crippen LogP contribution in [0.3, 0.4) is 0 Å². The Kier molecular flexibility index (Phi) is 4.84. The van der Waals surface area contributed by atoms with Gasteiger partial charge in [0.2, 0.25) is 0 Å². The number of rotatable bonds is 4. The van der Waals surface area contributed by atoms with Gasteiger partial charge in [0.15, 0.2) is 0 Å². The van der Waals surface area contributed by atoms with E-state index in [0.29, 0.717) is 12.1 Å². The molecule has 1 aliphatic heterocycles. The summed E-state index contributed by atoms with van der Waals surface area (Å²) in [7, 11) is 0. The SMILES string of the molecule is CCC1CC(NCc2ccc(Cl)cc2)CCO1. The fourth-order valence-corrected chi connectivity index (χ4v) is 2.34. The molecule has 1 aromatic carbocycles. The number of nitrogens with one attached hydrogen (secondary N) is 1. The summed E-state index contributed by atoms with van der Waals surface area (Å²) in [5.41, 5.74) is 1.29. The van der Waals surface area contributed by atoms with E-state index < -0.39 is 0 Å². The average molecular weight is 254 g/mol. The van der Waals surface area contributed by atoms with Gasteiger partial charge in [-0.05, 0) is 37.0 Å². The Labute approximate surface area is 108 Å². The first kappa shape index (κ1) is 12.9. The fraction of sp³-hybridized carbons (Fsp3) is 0.571. The molecule has 1 saturated heterocycles. The van der Waals surface area contributed by atoms with Crippen LogP contribution in [0.5, 0.6) is 0 Å². The zero-order chi connectivity index (χ0) is 12.1. The van der Waals surface area contributed by atoms with Gasteiger partial charge < -0.3 is 10.1 Å². The Morgan fingerprint density at radius 2 is 2.12 bits per heavy atom. The number of benzene rings is 1. The molecular weight excluding hydrogens is 234 g/mol. The van der Waals surface area contributed by atoms with Crippen LogP contribution >= 0.6 is 11.6 Å². The van der Waals surface area contributed by atoms with Crippen LogP contribution in [-0.2, 0) is 11.3 Å². The molecular formula is C14H20ClNO. The van der Waals surface area contributed by atoms with Crippen LogP contribution < -0.4 is 5.32 Å². The van der Waals surface area contributed by atoms with Crippen LogP contribution in [0.4, 0.5) is 0 Å². The van der Waals surface area contributed by atoms with Crippen LogP contribution in [0.2, 0.25) is 5.02 Å². The molecule has 1 heterocycles. The van der Waals surface area contributed by atoms with E-state index in [9.17, 15) is 0 Å². The van der Waals surface area contributed by atoms with Gasteiger partial charge in [0.25, 0.3) is 0 Å².